The molecule has 0 unspecified atom stereocenters. The summed E-state index contributed by atoms with van der Waals surface area (Å²) in [6, 6.07) is 6.33. The first-order valence-electron chi connectivity index (χ1n) is 6.38. The van der Waals surface area contributed by atoms with E-state index in [0.29, 0.717) is 0 Å². The zero-order chi connectivity index (χ0) is 12.3. The summed E-state index contributed by atoms with van der Waals surface area (Å²) in [5.74, 6) is 0.929. The second-order valence-electron chi connectivity index (χ2n) is 4.61. The van der Waals surface area contributed by atoms with Gasteiger partial charge in [0.2, 0.25) is 0 Å². The number of nitrogens with zero attached hydrogens (tertiary/aromatic N) is 1. The van der Waals surface area contributed by atoms with Crippen LogP contribution in [0.15, 0.2) is 24.4 Å². The van der Waals surface area contributed by atoms with Gasteiger partial charge in [-0.1, -0.05) is 19.8 Å². The summed E-state index contributed by atoms with van der Waals surface area (Å²) in [5, 5.41) is 1.37. The lowest BCUT2D eigenvalue weighted by Gasteiger charge is -2.02. The molecule has 0 aliphatic carbocycles. The minimum atomic E-state index is 0.929. The van der Waals surface area contributed by atoms with E-state index >= 15 is 0 Å². The molecule has 0 amide bonds. The van der Waals surface area contributed by atoms with E-state index in [9.17, 15) is 0 Å². The van der Waals surface area contributed by atoms with Crippen molar-refractivity contribution in [3.63, 3.8) is 0 Å². The quantitative estimate of drug-likeness (QED) is 0.711. The van der Waals surface area contributed by atoms with E-state index < -0.39 is 0 Å². The third-order valence-corrected chi connectivity index (χ3v) is 3.33. The molecule has 0 spiro atoms. The molecule has 2 heteroatoms. The Morgan fingerprint density at radius 2 is 2.06 bits per heavy atom. The van der Waals surface area contributed by atoms with E-state index in [1.165, 1.54) is 42.1 Å². The fourth-order valence-corrected chi connectivity index (χ4v) is 2.34. The van der Waals surface area contributed by atoms with Gasteiger partial charge in [0, 0.05) is 24.7 Å². The fraction of sp³-hybridized carbons (Fsp3) is 0.467. The van der Waals surface area contributed by atoms with Gasteiger partial charge in [-0.3, -0.25) is 0 Å². The second-order valence-corrected chi connectivity index (χ2v) is 4.61. The first-order valence-corrected chi connectivity index (χ1v) is 6.38. The maximum Gasteiger partial charge on any atom is 0.120 e. The molecular formula is C15H21NO. The van der Waals surface area contributed by atoms with Crippen molar-refractivity contribution in [1.82, 2.24) is 4.57 Å². The molecule has 2 nitrogen and oxygen atoms in total. The smallest absolute Gasteiger partial charge is 0.120 e. The third kappa shape index (κ3) is 2.46. The molecule has 0 aliphatic heterocycles. The number of aryl methyl sites for hydroxylation is 2. The predicted octanol–water partition coefficient (Wildman–Crippen LogP) is 3.92. The molecule has 1 heterocycles. The predicted molar refractivity (Wildman–Crippen MR) is 72.7 cm³/mol. The van der Waals surface area contributed by atoms with E-state index in [-0.39, 0.29) is 0 Å². The van der Waals surface area contributed by atoms with Crippen LogP contribution in [0, 0.1) is 0 Å². The molecule has 0 atom stereocenters. The lowest BCUT2D eigenvalue weighted by Crippen LogP contribution is -1.86. The Morgan fingerprint density at radius 3 is 2.76 bits per heavy atom. The summed E-state index contributed by atoms with van der Waals surface area (Å²) < 4.78 is 7.47. The van der Waals surface area contributed by atoms with Gasteiger partial charge in [-0.2, -0.15) is 0 Å². The van der Waals surface area contributed by atoms with Crippen molar-refractivity contribution < 1.29 is 4.74 Å². The summed E-state index contributed by atoms with van der Waals surface area (Å²) in [6.07, 6.45) is 7.30. The molecular weight excluding hydrogens is 210 g/mol. The van der Waals surface area contributed by atoms with E-state index in [0.717, 1.165) is 5.75 Å². The molecule has 92 valence electrons. The lowest BCUT2D eigenvalue weighted by atomic mass is 10.1. The normalized spacial score (nSPS) is 11.0. The van der Waals surface area contributed by atoms with Crippen molar-refractivity contribution in [2.24, 2.45) is 7.05 Å². The van der Waals surface area contributed by atoms with Gasteiger partial charge in [0.25, 0.3) is 0 Å². The lowest BCUT2D eigenvalue weighted by molar-refractivity contribution is 0.415. The number of unbranched alkanes of at least 4 members (excludes halogenated alkanes) is 2. The average Bonchev–Trinajstić information content (AvgIpc) is 2.66. The van der Waals surface area contributed by atoms with Gasteiger partial charge in [-0.05, 0) is 30.5 Å². The standard InChI is InChI=1S/C15H21NO/c1-4-5-6-7-12-11-16(2)15-10-13(17-3)8-9-14(12)15/h8-11H,4-7H2,1-3H3. The fourth-order valence-electron chi connectivity index (χ4n) is 2.34. The van der Waals surface area contributed by atoms with Crippen molar-refractivity contribution >= 4 is 10.9 Å². The number of aromatic nitrogens is 1. The van der Waals surface area contributed by atoms with Gasteiger partial charge in [-0.15, -0.1) is 0 Å². The first-order chi connectivity index (χ1) is 8.26. The van der Waals surface area contributed by atoms with Crippen LogP contribution in [-0.2, 0) is 13.5 Å². The van der Waals surface area contributed by atoms with Crippen LogP contribution in [0.2, 0.25) is 0 Å². The first kappa shape index (κ1) is 12.0. The van der Waals surface area contributed by atoms with Crippen molar-refractivity contribution in [2.45, 2.75) is 32.6 Å². The molecule has 1 aromatic carbocycles. The zero-order valence-corrected chi connectivity index (χ0v) is 11.0. The van der Waals surface area contributed by atoms with Crippen LogP contribution in [0.1, 0.15) is 31.7 Å². The molecule has 0 saturated heterocycles. The number of fused-ring (bicyclic) bond motifs is 1. The van der Waals surface area contributed by atoms with Crippen molar-refractivity contribution in [2.75, 3.05) is 7.11 Å². The van der Waals surface area contributed by atoms with E-state index in [1.54, 1.807) is 7.11 Å². The highest BCUT2D eigenvalue weighted by atomic mass is 16.5. The van der Waals surface area contributed by atoms with Gasteiger partial charge < -0.3 is 9.30 Å². The van der Waals surface area contributed by atoms with Crippen molar-refractivity contribution in [3.8, 4) is 5.75 Å². The van der Waals surface area contributed by atoms with Crippen LogP contribution in [0.3, 0.4) is 0 Å². The highest BCUT2D eigenvalue weighted by molar-refractivity contribution is 5.85. The molecule has 2 aromatic rings. The van der Waals surface area contributed by atoms with Gasteiger partial charge in [0.05, 0.1) is 12.6 Å². The molecule has 17 heavy (non-hydrogen) atoms. The monoisotopic (exact) mass is 231 g/mol. The zero-order valence-electron chi connectivity index (χ0n) is 11.0. The van der Waals surface area contributed by atoms with Crippen LogP contribution in [0.4, 0.5) is 0 Å². The molecule has 0 fully saturated rings. The van der Waals surface area contributed by atoms with Crippen LogP contribution in [0.25, 0.3) is 10.9 Å². The Kier molecular flexibility index (Phi) is 3.72. The van der Waals surface area contributed by atoms with Crippen molar-refractivity contribution in [1.29, 1.82) is 0 Å². The Hall–Kier alpha value is -1.44. The minimum absolute atomic E-state index is 0.929. The van der Waals surface area contributed by atoms with E-state index in [2.05, 4.69) is 36.9 Å². The molecule has 2 rings (SSSR count). The number of hydrogen-bond acceptors (Lipinski definition) is 1. The highest BCUT2D eigenvalue weighted by Crippen LogP contribution is 2.26. The molecule has 0 saturated carbocycles. The summed E-state index contributed by atoms with van der Waals surface area (Å²) in [7, 11) is 3.82. The Morgan fingerprint density at radius 1 is 1.24 bits per heavy atom. The largest absolute Gasteiger partial charge is 0.497 e. The summed E-state index contributed by atoms with van der Waals surface area (Å²) in [6.45, 7) is 2.24. The molecule has 0 aliphatic rings. The highest BCUT2D eigenvalue weighted by Gasteiger charge is 2.07. The minimum Gasteiger partial charge on any atom is -0.497 e. The SMILES string of the molecule is CCCCCc1cn(C)c2cc(OC)ccc12. The number of benzene rings is 1. The number of rotatable bonds is 5. The average molecular weight is 231 g/mol. The number of methoxy groups -OCH3 is 1. The van der Waals surface area contributed by atoms with Crippen LogP contribution in [-0.4, -0.2) is 11.7 Å². The van der Waals surface area contributed by atoms with Gasteiger partial charge in [0.15, 0.2) is 0 Å². The molecule has 0 bridgehead atoms. The Balaban J connectivity index is 2.31. The molecule has 0 radical (unpaired) electrons. The van der Waals surface area contributed by atoms with E-state index in [1.807, 2.05) is 6.07 Å². The van der Waals surface area contributed by atoms with Gasteiger partial charge in [-0.25, -0.2) is 0 Å². The number of ether oxygens (including phenoxy) is 1. The summed E-state index contributed by atoms with van der Waals surface area (Å²) >= 11 is 0. The van der Waals surface area contributed by atoms with Gasteiger partial charge in [0.1, 0.15) is 5.75 Å². The maximum absolute atomic E-state index is 5.27. The Bertz CT molecular complexity index is 499. The third-order valence-electron chi connectivity index (χ3n) is 3.33. The van der Waals surface area contributed by atoms with Crippen LogP contribution in [0.5, 0.6) is 5.75 Å². The van der Waals surface area contributed by atoms with Crippen molar-refractivity contribution in [3.05, 3.63) is 30.0 Å². The summed E-state index contributed by atoms with van der Waals surface area (Å²) in [5.41, 5.74) is 2.72. The summed E-state index contributed by atoms with van der Waals surface area (Å²) in [4.78, 5) is 0. The van der Waals surface area contributed by atoms with Crippen LogP contribution < -0.4 is 4.74 Å². The van der Waals surface area contributed by atoms with Gasteiger partial charge >= 0.3 is 0 Å². The van der Waals surface area contributed by atoms with Crippen LogP contribution >= 0.6 is 0 Å². The van der Waals surface area contributed by atoms with E-state index in [4.69, 9.17) is 4.74 Å². The number of hydrogen-bond donors (Lipinski definition) is 0. The topological polar surface area (TPSA) is 14.2 Å². The second kappa shape index (κ2) is 5.26. The maximum atomic E-state index is 5.27. The Labute approximate surface area is 103 Å². The molecule has 0 N–H and O–H groups in total. The molecule has 1 aromatic heterocycles.